The van der Waals surface area contributed by atoms with E-state index in [1.54, 1.807) is 12.1 Å². The normalized spacial score (nSPS) is 19.6. The smallest absolute Gasteiger partial charge is 0.128 e. The van der Waals surface area contributed by atoms with E-state index in [9.17, 15) is 4.39 Å². The molecule has 0 aliphatic carbocycles. The third-order valence-electron chi connectivity index (χ3n) is 2.18. The van der Waals surface area contributed by atoms with Gasteiger partial charge in [-0.15, -0.1) is 0 Å². The Morgan fingerprint density at radius 1 is 1.46 bits per heavy atom. The molecule has 2 rings (SSSR count). The maximum absolute atomic E-state index is 13.3. The lowest BCUT2D eigenvalue weighted by Crippen LogP contribution is -2.54. The molecule has 0 spiro atoms. The van der Waals surface area contributed by atoms with Crippen molar-refractivity contribution < 1.29 is 9.13 Å². The molecule has 70 valence electrons. The largest absolute Gasteiger partial charge is 0.377 e. The summed E-state index contributed by atoms with van der Waals surface area (Å²) >= 11 is 3.28. The lowest BCUT2D eigenvalue weighted by Gasteiger charge is -2.38. The maximum Gasteiger partial charge on any atom is 0.128 e. The first-order valence-corrected chi connectivity index (χ1v) is 4.73. The van der Waals surface area contributed by atoms with E-state index < -0.39 is 5.54 Å². The van der Waals surface area contributed by atoms with Crippen LogP contribution in [0.3, 0.4) is 0 Å². The lowest BCUT2D eigenvalue weighted by molar-refractivity contribution is -0.0585. The summed E-state index contributed by atoms with van der Waals surface area (Å²) in [6.07, 6.45) is 0. The molecule has 1 aliphatic rings. The summed E-state index contributed by atoms with van der Waals surface area (Å²) in [4.78, 5) is 0. The maximum atomic E-state index is 13.3. The van der Waals surface area contributed by atoms with Crippen LogP contribution in [-0.2, 0) is 10.3 Å². The molecular formula is C9H9BrFNO. The molecule has 1 heterocycles. The first kappa shape index (κ1) is 9.12. The fourth-order valence-electron chi connectivity index (χ4n) is 1.36. The minimum absolute atomic E-state index is 0.269. The molecule has 0 unspecified atom stereocenters. The first-order chi connectivity index (χ1) is 6.12. The Hall–Kier alpha value is -0.450. The van der Waals surface area contributed by atoms with Crippen LogP contribution < -0.4 is 5.73 Å². The van der Waals surface area contributed by atoms with Crippen LogP contribution in [0.4, 0.5) is 4.39 Å². The number of benzene rings is 1. The number of nitrogens with two attached hydrogens (primary N) is 1. The summed E-state index contributed by atoms with van der Waals surface area (Å²) in [5, 5.41) is 0. The molecule has 0 amide bonds. The van der Waals surface area contributed by atoms with Crippen molar-refractivity contribution >= 4 is 15.9 Å². The molecule has 4 heteroatoms. The summed E-state index contributed by atoms with van der Waals surface area (Å²) in [5.41, 5.74) is 5.80. The highest BCUT2D eigenvalue weighted by atomic mass is 79.9. The van der Waals surface area contributed by atoms with Gasteiger partial charge < -0.3 is 10.5 Å². The van der Waals surface area contributed by atoms with Gasteiger partial charge in [0.1, 0.15) is 5.82 Å². The van der Waals surface area contributed by atoms with E-state index in [1.165, 1.54) is 6.07 Å². The van der Waals surface area contributed by atoms with Gasteiger partial charge in [-0.2, -0.15) is 0 Å². The van der Waals surface area contributed by atoms with Crippen molar-refractivity contribution in [3.63, 3.8) is 0 Å². The summed E-state index contributed by atoms with van der Waals surface area (Å²) in [5.74, 6) is -0.269. The molecule has 1 fully saturated rings. The number of ether oxygens (including phenoxy) is 1. The van der Waals surface area contributed by atoms with Gasteiger partial charge in [0, 0.05) is 10.0 Å². The van der Waals surface area contributed by atoms with Crippen LogP contribution in [0, 0.1) is 5.82 Å². The minimum Gasteiger partial charge on any atom is -0.377 e. The zero-order valence-electron chi connectivity index (χ0n) is 6.89. The van der Waals surface area contributed by atoms with Gasteiger partial charge in [0.25, 0.3) is 0 Å². The predicted molar refractivity (Wildman–Crippen MR) is 50.8 cm³/mol. The highest BCUT2D eigenvalue weighted by Gasteiger charge is 2.38. The van der Waals surface area contributed by atoms with Crippen molar-refractivity contribution in [1.29, 1.82) is 0 Å². The van der Waals surface area contributed by atoms with Gasteiger partial charge in [-0.3, -0.25) is 0 Å². The molecule has 2 N–H and O–H groups in total. The van der Waals surface area contributed by atoms with Crippen LogP contribution >= 0.6 is 15.9 Å². The third-order valence-corrected chi connectivity index (χ3v) is 2.68. The summed E-state index contributed by atoms with van der Waals surface area (Å²) in [7, 11) is 0. The van der Waals surface area contributed by atoms with Crippen molar-refractivity contribution in [2.45, 2.75) is 5.54 Å². The van der Waals surface area contributed by atoms with Crippen molar-refractivity contribution in [2.24, 2.45) is 5.73 Å². The molecule has 13 heavy (non-hydrogen) atoms. The van der Waals surface area contributed by atoms with E-state index in [2.05, 4.69) is 15.9 Å². The molecule has 2 nitrogen and oxygen atoms in total. The number of halogens is 2. The molecule has 0 saturated carbocycles. The van der Waals surface area contributed by atoms with E-state index in [0.717, 1.165) is 4.47 Å². The molecule has 0 atom stereocenters. The molecular weight excluding hydrogens is 237 g/mol. The second-order valence-corrected chi connectivity index (χ2v) is 4.19. The van der Waals surface area contributed by atoms with E-state index in [1.807, 2.05) is 0 Å². The van der Waals surface area contributed by atoms with Gasteiger partial charge in [0.2, 0.25) is 0 Å². The lowest BCUT2D eigenvalue weighted by atomic mass is 9.89. The molecule has 0 aromatic heterocycles. The Balaban J connectivity index is 2.43. The first-order valence-electron chi connectivity index (χ1n) is 3.94. The van der Waals surface area contributed by atoms with Crippen LogP contribution in [0.2, 0.25) is 0 Å². The molecule has 1 saturated heterocycles. The van der Waals surface area contributed by atoms with E-state index in [0.29, 0.717) is 18.8 Å². The SMILES string of the molecule is NC1(c2cc(Br)ccc2F)COC1. The Kier molecular flexibility index (Phi) is 2.14. The number of hydrogen-bond acceptors (Lipinski definition) is 2. The second-order valence-electron chi connectivity index (χ2n) is 3.27. The van der Waals surface area contributed by atoms with Gasteiger partial charge in [0.15, 0.2) is 0 Å². The Morgan fingerprint density at radius 3 is 2.69 bits per heavy atom. The van der Waals surface area contributed by atoms with Crippen molar-refractivity contribution in [3.8, 4) is 0 Å². The Bertz CT molecular complexity index is 338. The quantitative estimate of drug-likeness (QED) is 0.819. The average Bonchev–Trinajstić information content (AvgIpc) is 2.05. The van der Waals surface area contributed by atoms with Gasteiger partial charge in [0.05, 0.1) is 18.8 Å². The molecule has 1 aromatic rings. The van der Waals surface area contributed by atoms with Crippen molar-refractivity contribution in [2.75, 3.05) is 13.2 Å². The van der Waals surface area contributed by atoms with Crippen LogP contribution in [-0.4, -0.2) is 13.2 Å². The minimum atomic E-state index is -0.631. The van der Waals surface area contributed by atoms with Gasteiger partial charge in [-0.1, -0.05) is 15.9 Å². The topological polar surface area (TPSA) is 35.2 Å². The van der Waals surface area contributed by atoms with E-state index >= 15 is 0 Å². The fourth-order valence-corrected chi connectivity index (χ4v) is 1.72. The Morgan fingerprint density at radius 2 is 2.15 bits per heavy atom. The van der Waals surface area contributed by atoms with Crippen LogP contribution in [0.5, 0.6) is 0 Å². The number of hydrogen-bond donors (Lipinski definition) is 1. The van der Waals surface area contributed by atoms with Gasteiger partial charge >= 0.3 is 0 Å². The molecule has 1 aliphatic heterocycles. The highest BCUT2D eigenvalue weighted by Crippen LogP contribution is 2.30. The van der Waals surface area contributed by atoms with E-state index in [4.69, 9.17) is 10.5 Å². The van der Waals surface area contributed by atoms with Crippen molar-refractivity contribution in [3.05, 3.63) is 34.1 Å². The summed E-state index contributed by atoms with van der Waals surface area (Å²) in [6, 6.07) is 4.77. The van der Waals surface area contributed by atoms with E-state index in [-0.39, 0.29) is 5.82 Å². The Labute approximate surface area is 84.0 Å². The third kappa shape index (κ3) is 1.49. The van der Waals surface area contributed by atoms with Crippen LogP contribution in [0.15, 0.2) is 22.7 Å². The zero-order valence-corrected chi connectivity index (χ0v) is 8.47. The fraction of sp³-hybridized carbons (Fsp3) is 0.333. The van der Waals surface area contributed by atoms with Gasteiger partial charge in [-0.05, 0) is 18.2 Å². The summed E-state index contributed by atoms with van der Waals surface area (Å²) < 4.78 is 19.1. The number of rotatable bonds is 1. The molecule has 1 aromatic carbocycles. The van der Waals surface area contributed by atoms with Crippen LogP contribution in [0.25, 0.3) is 0 Å². The summed E-state index contributed by atoms with van der Waals surface area (Å²) in [6.45, 7) is 0.779. The zero-order chi connectivity index (χ0) is 9.47. The van der Waals surface area contributed by atoms with Gasteiger partial charge in [-0.25, -0.2) is 4.39 Å². The second kappa shape index (κ2) is 3.04. The average molecular weight is 246 g/mol. The monoisotopic (exact) mass is 245 g/mol. The molecule has 0 radical (unpaired) electrons. The highest BCUT2D eigenvalue weighted by molar-refractivity contribution is 9.10. The van der Waals surface area contributed by atoms with Crippen molar-refractivity contribution in [1.82, 2.24) is 0 Å². The van der Waals surface area contributed by atoms with Crippen LogP contribution in [0.1, 0.15) is 5.56 Å². The standard InChI is InChI=1S/C9H9BrFNO/c10-6-1-2-8(11)7(3-6)9(12)4-13-5-9/h1-3H,4-5,12H2. The predicted octanol–water partition coefficient (Wildman–Crippen LogP) is 1.77. The molecule has 0 bridgehead atoms.